The monoisotopic (exact) mass is 412 g/mol. The van der Waals surface area contributed by atoms with Gasteiger partial charge in [-0.2, -0.15) is 13.2 Å². The Hall–Kier alpha value is -3.11. The average Bonchev–Trinajstić information content (AvgIpc) is 3.40. The summed E-state index contributed by atoms with van der Waals surface area (Å²) < 4.78 is 66.0. The van der Waals surface area contributed by atoms with Crippen LogP contribution in [0.15, 0.2) is 24.5 Å². The van der Waals surface area contributed by atoms with Crippen molar-refractivity contribution in [2.75, 3.05) is 18.4 Å². The van der Waals surface area contributed by atoms with E-state index in [0.717, 1.165) is 17.3 Å². The van der Waals surface area contributed by atoms with Crippen LogP contribution in [0.4, 0.5) is 27.9 Å². The van der Waals surface area contributed by atoms with Gasteiger partial charge in [-0.3, -0.25) is 14.9 Å². The van der Waals surface area contributed by atoms with Crippen molar-refractivity contribution in [1.82, 2.24) is 14.9 Å². The van der Waals surface area contributed by atoms with Gasteiger partial charge in [0.25, 0.3) is 5.91 Å². The van der Waals surface area contributed by atoms with Crippen LogP contribution >= 0.6 is 0 Å². The van der Waals surface area contributed by atoms with E-state index >= 15 is 0 Å². The first-order valence-electron chi connectivity index (χ1n) is 8.57. The Morgan fingerprint density at radius 1 is 1.17 bits per heavy atom. The SMILES string of the molecule is O=C(CN1CC2(CC2)c2cc(C(F)(F)F)c(F)cc2C1=O)Nc1ncc(F)cn1. The molecule has 1 N–H and O–H groups in total. The fraction of sp³-hybridized carbons (Fsp3) is 0.333. The van der Waals surface area contributed by atoms with E-state index in [1.54, 1.807) is 0 Å². The number of halogens is 5. The predicted molar refractivity (Wildman–Crippen MR) is 88.8 cm³/mol. The molecule has 2 aliphatic rings. The molecule has 1 saturated carbocycles. The summed E-state index contributed by atoms with van der Waals surface area (Å²) in [6.45, 7) is -0.386. The highest BCUT2D eigenvalue weighted by molar-refractivity contribution is 6.01. The van der Waals surface area contributed by atoms with Gasteiger partial charge < -0.3 is 4.90 Å². The maximum absolute atomic E-state index is 14.0. The number of amides is 2. The highest BCUT2D eigenvalue weighted by atomic mass is 19.4. The van der Waals surface area contributed by atoms with Crippen LogP contribution in [0.1, 0.15) is 34.3 Å². The number of fused-ring (bicyclic) bond motifs is 2. The molecule has 2 aromatic rings. The molecule has 0 radical (unpaired) electrons. The van der Waals surface area contributed by atoms with Gasteiger partial charge in [-0.15, -0.1) is 0 Å². The van der Waals surface area contributed by atoms with Crippen LogP contribution in [0.2, 0.25) is 0 Å². The standard InChI is InChI=1S/C18H13F5N4O2/c19-9-5-24-16(25-6-9)26-14(28)7-27-8-17(1-2-17)11-4-12(18(21,22)23)13(20)3-10(11)15(27)29/h3-6H,1-2,7-8H2,(H,24,25,26,28). The zero-order valence-corrected chi connectivity index (χ0v) is 14.7. The fourth-order valence-electron chi connectivity index (χ4n) is 3.52. The average molecular weight is 412 g/mol. The van der Waals surface area contributed by atoms with Gasteiger partial charge in [-0.05, 0) is 30.5 Å². The third kappa shape index (κ3) is 3.52. The maximum atomic E-state index is 14.0. The van der Waals surface area contributed by atoms with Gasteiger partial charge in [-0.25, -0.2) is 18.7 Å². The molecule has 1 spiro atoms. The lowest BCUT2D eigenvalue weighted by Gasteiger charge is -2.34. The zero-order chi connectivity index (χ0) is 21.0. The normalized spacial score (nSPS) is 17.3. The van der Waals surface area contributed by atoms with Crippen molar-refractivity contribution >= 4 is 17.8 Å². The van der Waals surface area contributed by atoms with Crippen molar-refractivity contribution < 1.29 is 31.5 Å². The third-order valence-electron chi connectivity index (χ3n) is 5.05. The molecule has 6 nitrogen and oxygen atoms in total. The van der Waals surface area contributed by atoms with E-state index in [0.29, 0.717) is 25.0 Å². The van der Waals surface area contributed by atoms with Gasteiger partial charge in [-0.1, -0.05) is 0 Å². The fourth-order valence-corrected chi connectivity index (χ4v) is 3.52. The zero-order valence-electron chi connectivity index (χ0n) is 14.7. The molecule has 1 aliphatic heterocycles. The van der Waals surface area contributed by atoms with E-state index in [1.807, 2.05) is 0 Å². The Balaban J connectivity index is 1.58. The molecule has 2 heterocycles. The Morgan fingerprint density at radius 2 is 1.83 bits per heavy atom. The third-order valence-corrected chi connectivity index (χ3v) is 5.05. The van der Waals surface area contributed by atoms with E-state index in [4.69, 9.17) is 0 Å². The summed E-state index contributed by atoms with van der Waals surface area (Å²) in [5.41, 5.74) is -2.14. The van der Waals surface area contributed by atoms with Crippen molar-refractivity contribution in [2.45, 2.75) is 24.4 Å². The summed E-state index contributed by atoms with van der Waals surface area (Å²) in [5.74, 6) is -3.80. The first kappa shape index (κ1) is 19.2. The minimum Gasteiger partial charge on any atom is -0.328 e. The number of carbonyl (C=O) groups is 2. The highest BCUT2D eigenvalue weighted by Crippen LogP contribution is 2.53. The first-order chi connectivity index (χ1) is 13.6. The largest absolute Gasteiger partial charge is 0.419 e. The van der Waals surface area contributed by atoms with Gasteiger partial charge in [0.1, 0.15) is 12.4 Å². The number of nitrogens with one attached hydrogen (secondary N) is 1. The second-order valence-corrected chi connectivity index (χ2v) is 7.09. The van der Waals surface area contributed by atoms with Gasteiger partial charge in [0.15, 0.2) is 5.82 Å². The number of alkyl halides is 3. The number of rotatable bonds is 3. The Bertz CT molecular complexity index is 1000. The topological polar surface area (TPSA) is 75.2 Å². The molecule has 29 heavy (non-hydrogen) atoms. The molecule has 1 aromatic carbocycles. The van der Waals surface area contributed by atoms with Crippen molar-refractivity contribution in [2.24, 2.45) is 0 Å². The van der Waals surface area contributed by atoms with E-state index in [1.165, 1.54) is 0 Å². The van der Waals surface area contributed by atoms with Crippen LogP contribution in [0, 0.1) is 11.6 Å². The van der Waals surface area contributed by atoms with E-state index < -0.39 is 47.1 Å². The number of hydrogen-bond acceptors (Lipinski definition) is 4. The van der Waals surface area contributed by atoms with Gasteiger partial charge in [0, 0.05) is 17.5 Å². The number of anilines is 1. The Morgan fingerprint density at radius 3 is 2.41 bits per heavy atom. The molecule has 152 valence electrons. The van der Waals surface area contributed by atoms with Crippen LogP contribution < -0.4 is 5.32 Å². The summed E-state index contributed by atoms with van der Waals surface area (Å²) in [6.07, 6.45) is -2.12. The molecular weight excluding hydrogens is 399 g/mol. The van der Waals surface area contributed by atoms with Gasteiger partial charge in [0.2, 0.25) is 11.9 Å². The van der Waals surface area contributed by atoms with Crippen molar-refractivity contribution in [3.63, 3.8) is 0 Å². The van der Waals surface area contributed by atoms with Crippen molar-refractivity contribution in [3.8, 4) is 0 Å². The Kier molecular flexibility index (Phi) is 4.28. The van der Waals surface area contributed by atoms with Crippen LogP contribution in [0.3, 0.4) is 0 Å². The van der Waals surface area contributed by atoms with Crippen molar-refractivity contribution in [1.29, 1.82) is 0 Å². The summed E-state index contributed by atoms with van der Waals surface area (Å²) >= 11 is 0. The summed E-state index contributed by atoms with van der Waals surface area (Å²) in [4.78, 5) is 33.2. The molecular formula is C18H13F5N4O2. The number of aromatic nitrogens is 2. The lowest BCUT2D eigenvalue weighted by molar-refractivity contribution is -0.140. The number of hydrogen-bond donors (Lipinski definition) is 1. The molecule has 0 unspecified atom stereocenters. The van der Waals surface area contributed by atoms with Crippen molar-refractivity contribution in [3.05, 3.63) is 52.9 Å². The Labute approximate surface area is 160 Å². The van der Waals surface area contributed by atoms with Gasteiger partial charge >= 0.3 is 6.18 Å². The molecule has 0 atom stereocenters. The van der Waals surface area contributed by atoms with Gasteiger partial charge in [0.05, 0.1) is 18.0 Å². The smallest absolute Gasteiger partial charge is 0.328 e. The molecule has 11 heteroatoms. The minimum absolute atomic E-state index is 0.0411. The highest BCUT2D eigenvalue weighted by Gasteiger charge is 2.53. The lowest BCUT2D eigenvalue weighted by Crippen LogP contribution is -2.47. The summed E-state index contributed by atoms with van der Waals surface area (Å²) in [5, 5.41) is 2.30. The predicted octanol–water partition coefficient (Wildman–Crippen LogP) is 2.90. The number of nitrogens with zero attached hydrogens (tertiary/aromatic N) is 3. The molecule has 4 rings (SSSR count). The molecule has 0 saturated heterocycles. The number of carbonyl (C=O) groups excluding carboxylic acids is 2. The number of benzene rings is 1. The lowest BCUT2D eigenvalue weighted by atomic mass is 9.85. The maximum Gasteiger partial charge on any atom is 0.419 e. The molecule has 2 amide bonds. The quantitative estimate of drug-likeness (QED) is 0.787. The summed E-state index contributed by atoms with van der Waals surface area (Å²) in [7, 11) is 0. The second-order valence-electron chi connectivity index (χ2n) is 7.09. The minimum atomic E-state index is -4.87. The van der Waals surface area contributed by atoms with E-state index in [-0.39, 0.29) is 23.6 Å². The summed E-state index contributed by atoms with van der Waals surface area (Å²) in [6, 6.07) is 1.30. The molecule has 1 aromatic heterocycles. The molecule has 1 fully saturated rings. The molecule has 1 aliphatic carbocycles. The van der Waals surface area contributed by atoms with E-state index in [2.05, 4.69) is 15.3 Å². The van der Waals surface area contributed by atoms with Crippen LogP contribution in [-0.2, 0) is 16.4 Å². The molecule has 0 bridgehead atoms. The first-order valence-corrected chi connectivity index (χ1v) is 8.57. The van der Waals surface area contributed by atoms with Crippen LogP contribution in [0.5, 0.6) is 0 Å². The van der Waals surface area contributed by atoms with E-state index in [9.17, 15) is 31.5 Å². The van der Waals surface area contributed by atoms with Crippen LogP contribution in [0.25, 0.3) is 0 Å². The second kappa shape index (κ2) is 6.46. The van der Waals surface area contributed by atoms with Crippen LogP contribution in [-0.4, -0.2) is 39.8 Å².